The molecule has 0 bridgehead atoms. The lowest BCUT2D eigenvalue weighted by molar-refractivity contribution is 1.43. The Hall–Kier alpha value is -2.02. The van der Waals surface area contributed by atoms with Crippen molar-refractivity contribution < 1.29 is 0 Å². The molecule has 0 spiro atoms. The molecule has 0 heterocycles. The molecule has 0 saturated heterocycles. The fourth-order valence-electron chi connectivity index (χ4n) is 1.74. The monoisotopic (exact) mass is 237 g/mol. The van der Waals surface area contributed by atoms with E-state index in [0.717, 1.165) is 5.69 Å². The van der Waals surface area contributed by atoms with E-state index in [2.05, 4.69) is 80.8 Å². The van der Waals surface area contributed by atoms with Gasteiger partial charge in [-0.05, 0) is 44.0 Å². The predicted molar refractivity (Wildman–Crippen MR) is 79.6 cm³/mol. The summed E-state index contributed by atoms with van der Waals surface area (Å²) < 4.78 is 0. The third-order valence-electron chi connectivity index (χ3n) is 3.01. The Morgan fingerprint density at radius 1 is 0.833 bits per heavy atom. The van der Waals surface area contributed by atoms with Gasteiger partial charge in [-0.15, -0.1) is 0 Å². The summed E-state index contributed by atoms with van der Waals surface area (Å²) in [5.41, 5.74) is 6.17. The first-order valence-electron chi connectivity index (χ1n) is 6.22. The molecule has 1 nitrogen and oxygen atoms in total. The third-order valence-corrected chi connectivity index (χ3v) is 3.01. The SMILES string of the molecule is C/C(=C\Nc1ccc(C)cc1)c1ccc(C)cc1. The standard InChI is InChI=1S/C17H19N/c1-13-4-8-16(9-5-13)15(3)12-18-17-10-6-14(2)7-11-17/h4-12,18H,1-3H3/b15-12+. The van der Waals surface area contributed by atoms with Crippen LogP contribution >= 0.6 is 0 Å². The molecule has 2 rings (SSSR count). The van der Waals surface area contributed by atoms with E-state index in [1.807, 2.05) is 0 Å². The normalized spacial score (nSPS) is 11.4. The minimum absolute atomic E-state index is 1.12. The molecule has 0 unspecified atom stereocenters. The lowest BCUT2D eigenvalue weighted by Crippen LogP contribution is -1.90. The number of rotatable bonds is 3. The maximum Gasteiger partial charge on any atom is 0.0380 e. The van der Waals surface area contributed by atoms with Gasteiger partial charge in [0.15, 0.2) is 0 Å². The quantitative estimate of drug-likeness (QED) is 0.810. The molecule has 2 aromatic carbocycles. The highest BCUT2D eigenvalue weighted by Gasteiger charge is 1.95. The average Bonchev–Trinajstić information content (AvgIpc) is 2.38. The van der Waals surface area contributed by atoms with Crippen molar-refractivity contribution in [2.24, 2.45) is 0 Å². The largest absolute Gasteiger partial charge is 0.361 e. The number of benzene rings is 2. The van der Waals surface area contributed by atoms with Crippen LogP contribution in [-0.2, 0) is 0 Å². The summed E-state index contributed by atoms with van der Waals surface area (Å²) in [7, 11) is 0. The Labute approximate surface area is 109 Å². The van der Waals surface area contributed by atoms with Crippen molar-refractivity contribution in [3.8, 4) is 0 Å². The summed E-state index contributed by atoms with van der Waals surface area (Å²) >= 11 is 0. The van der Waals surface area contributed by atoms with Crippen LogP contribution in [0, 0.1) is 13.8 Å². The van der Waals surface area contributed by atoms with Crippen LogP contribution in [0.15, 0.2) is 54.7 Å². The minimum Gasteiger partial charge on any atom is -0.361 e. The first-order chi connectivity index (χ1) is 8.65. The highest BCUT2D eigenvalue weighted by Crippen LogP contribution is 2.15. The van der Waals surface area contributed by atoms with Gasteiger partial charge in [-0.3, -0.25) is 0 Å². The molecule has 0 aliphatic heterocycles. The summed E-state index contributed by atoms with van der Waals surface area (Å²) in [6.07, 6.45) is 2.05. The van der Waals surface area contributed by atoms with Crippen LogP contribution in [0.2, 0.25) is 0 Å². The maximum absolute atomic E-state index is 3.32. The van der Waals surface area contributed by atoms with Crippen molar-refractivity contribution >= 4 is 11.3 Å². The van der Waals surface area contributed by atoms with Crippen molar-refractivity contribution in [1.82, 2.24) is 0 Å². The number of allylic oxidation sites excluding steroid dienone is 1. The van der Waals surface area contributed by atoms with Gasteiger partial charge in [0.1, 0.15) is 0 Å². The van der Waals surface area contributed by atoms with Crippen LogP contribution in [0.3, 0.4) is 0 Å². The second kappa shape index (κ2) is 5.54. The highest BCUT2D eigenvalue weighted by molar-refractivity contribution is 5.66. The van der Waals surface area contributed by atoms with Gasteiger partial charge in [0.25, 0.3) is 0 Å². The molecule has 18 heavy (non-hydrogen) atoms. The van der Waals surface area contributed by atoms with Crippen molar-refractivity contribution in [1.29, 1.82) is 0 Å². The predicted octanol–water partition coefficient (Wildman–Crippen LogP) is 4.78. The number of nitrogens with one attached hydrogen (secondary N) is 1. The maximum atomic E-state index is 3.32. The second-order valence-corrected chi connectivity index (χ2v) is 4.70. The molecule has 0 radical (unpaired) electrons. The fourth-order valence-corrected chi connectivity index (χ4v) is 1.74. The molecule has 0 aromatic heterocycles. The lowest BCUT2D eigenvalue weighted by atomic mass is 10.1. The van der Waals surface area contributed by atoms with Gasteiger partial charge < -0.3 is 5.32 Å². The van der Waals surface area contributed by atoms with Gasteiger partial charge in [-0.25, -0.2) is 0 Å². The zero-order chi connectivity index (χ0) is 13.0. The van der Waals surface area contributed by atoms with Crippen LogP contribution in [0.5, 0.6) is 0 Å². The molecule has 0 fully saturated rings. The van der Waals surface area contributed by atoms with E-state index in [1.54, 1.807) is 0 Å². The van der Waals surface area contributed by atoms with Gasteiger partial charge >= 0.3 is 0 Å². The van der Waals surface area contributed by atoms with E-state index in [1.165, 1.54) is 22.3 Å². The van der Waals surface area contributed by atoms with Gasteiger partial charge in [-0.2, -0.15) is 0 Å². The average molecular weight is 237 g/mol. The van der Waals surface area contributed by atoms with E-state index in [4.69, 9.17) is 0 Å². The van der Waals surface area contributed by atoms with E-state index in [-0.39, 0.29) is 0 Å². The fraction of sp³-hybridized carbons (Fsp3) is 0.176. The Balaban J connectivity index is 2.09. The van der Waals surface area contributed by atoms with Crippen molar-refractivity contribution in [2.45, 2.75) is 20.8 Å². The number of hydrogen-bond donors (Lipinski definition) is 1. The van der Waals surface area contributed by atoms with Crippen molar-refractivity contribution in [3.05, 3.63) is 71.4 Å². The highest BCUT2D eigenvalue weighted by atomic mass is 14.8. The zero-order valence-corrected chi connectivity index (χ0v) is 11.2. The minimum atomic E-state index is 1.12. The Morgan fingerprint density at radius 3 is 1.89 bits per heavy atom. The van der Waals surface area contributed by atoms with Gasteiger partial charge in [-0.1, -0.05) is 47.5 Å². The van der Waals surface area contributed by atoms with Crippen LogP contribution in [0.25, 0.3) is 5.57 Å². The van der Waals surface area contributed by atoms with Crippen LogP contribution in [0.4, 0.5) is 5.69 Å². The van der Waals surface area contributed by atoms with Gasteiger partial charge in [0.2, 0.25) is 0 Å². The topological polar surface area (TPSA) is 12.0 Å². The molecule has 0 aliphatic carbocycles. The molecule has 0 saturated carbocycles. The van der Waals surface area contributed by atoms with Gasteiger partial charge in [0, 0.05) is 11.9 Å². The summed E-state index contributed by atoms with van der Waals surface area (Å²) in [5, 5.41) is 3.32. The van der Waals surface area contributed by atoms with E-state index < -0.39 is 0 Å². The molecule has 2 aromatic rings. The first-order valence-corrected chi connectivity index (χ1v) is 6.22. The molecular formula is C17H19N. The van der Waals surface area contributed by atoms with Crippen LogP contribution < -0.4 is 5.32 Å². The Morgan fingerprint density at radius 2 is 1.33 bits per heavy atom. The molecule has 1 N–H and O–H groups in total. The summed E-state index contributed by atoms with van der Waals surface area (Å²) in [4.78, 5) is 0. The molecule has 1 heteroatoms. The van der Waals surface area contributed by atoms with Crippen LogP contribution in [-0.4, -0.2) is 0 Å². The summed E-state index contributed by atoms with van der Waals surface area (Å²) in [6.45, 7) is 6.32. The smallest absolute Gasteiger partial charge is 0.0380 e. The van der Waals surface area contributed by atoms with E-state index in [9.17, 15) is 0 Å². The zero-order valence-electron chi connectivity index (χ0n) is 11.2. The van der Waals surface area contributed by atoms with E-state index >= 15 is 0 Å². The van der Waals surface area contributed by atoms with Gasteiger partial charge in [0.05, 0.1) is 0 Å². The summed E-state index contributed by atoms with van der Waals surface area (Å²) in [6, 6.07) is 17.0. The van der Waals surface area contributed by atoms with Crippen molar-refractivity contribution in [2.75, 3.05) is 5.32 Å². The third kappa shape index (κ3) is 3.24. The van der Waals surface area contributed by atoms with Crippen molar-refractivity contribution in [3.63, 3.8) is 0 Å². The Kier molecular flexibility index (Phi) is 3.83. The van der Waals surface area contributed by atoms with E-state index in [0.29, 0.717) is 0 Å². The number of anilines is 1. The Bertz CT molecular complexity index is 533. The number of aryl methyl sites for hydroxylation is 2. The first kappa shape index (κ1) is 12.4. The number of hydrogen-bond acceptors (Lipinski definition) is 1. The molecule has 0 atom stereocenters. The van der Waals surface area contributed by atoms with Crippen LogP contribution in [0.1, 0.15) is 23.6 Å². The molecular weight excluding hydrogens is 218 g/mol. The molecule has 0 aliphatic rings. The lowest BCUT2D eigenvalue weighted by Gasteiger charge is -2.05. The summed E-state index contributed by atoms with van der Waals surface area (Å²) in [5.74, 6) is 0. The molecule has 0 amide bonds. The second-order valence-electron chi connectivity index (χ2n) is 4.70. The molecule has 92 valence electrons.